The molecule has 4 aromatic rings. The summed E-state index contributed by atoms with van der Waals surface area (Å²) < 4.78 is 45.3. The van der Waals surface area contributed by atoms with Gasteiger partial charge in [-0.05, 0) is 61.2 Å². The third-order valence-corrected chi connectivity index (χ3v) is 7.35. The molecule has 0 saturated heterocycles. The van der Waals surface area contributed by atoms with Crippen LogP contribution in [0.15, 0.2) is 47.4 Å². The minimum absolute atomic E-state index is 0.0379. The lowest BCUT2D eigenvalue weighted by Crippen LogP contribution is -2.46. The van der Waals surface area contributed by atoms with Crippen molar-refractivity contribution in [3.05, 3.63) is 69.8 Å². The van der Waals surface area contributed by atoms with Crippen LogP contribution in [0.5, 0.6) is 0 Å². The molecule has 4 heterocycles. The zero-order chi connectivity index (χ0) is 25.4. The van der Waals surface area contributed by atoms with E-state index in [0.717, 1.165) is 38.0 Å². The highest BCUT2D eigenvalue weighted by Gasteiger charge is 2.59. The lowest BCUT2D eigenvalue weighted by atomic mass is 9.76. The van der Waals surface area contributed by atoms with Crippen molar-refractivity contribution in [2.24, 2.45) is 0 Å². The first-order chi connectivity index (χ1) is 17.8. The van der Waals surface area contributed by atoms with Gasteiger partial charge in [-0.2, -0.15) is 4.98 Å². The Morgan fingerprint density at radius 1 is 1.05 bits per heavy atom. The number of halogens is 3. The number of fused-ring (bicyclic) bond motifs is 2. The van der Waals surface area contributed by atoms with Gasteiger partial charge in [0.15, 0.2) is 17.1 Å². The molecule has 0 atom stereocenters. The third kappa shape index (κ3) is 3.79. The molecule has 0 bridgehead atoms. The van der Waals surface area contributed by atoms with E-state index in [0.29, 0.717) is 17.0 Å². The molecule has 0 spiro atoms. The van der Waals surface area contributed by atoms with Crippen molar-refractivity contribution >= 4 is 22.7 Å². The van der Waals surface area contributed by atoms with Crippen LogP contribution in [0.25, 0.3) is 16.9 Å². The van der Waals surface area contributed by atoms with Crippen molar-refractivity contribution in [2.45, 2.75) is 56.3 Å². The van der Waals surface area contributed by atoms with Crippen LogP contribution in [0.4, 0.5) is 24.8 Å². The van der Waals surface area contributed by atoms with Crippen molar-refractivity contribution in [1.82, 2.24) is 29.6 Å². The predicted octanol–water partition coefficient (Wildman–Crippen LogP) is 4.30. The minimum atomic E-state index is -3.04. The standard InChI is InChI=1S/C26H24F3N7O/c27-25(13-26(28,29)14-25)20-2-1-3-21(33-20)36-22-19(23(37)35(36)18-6-7-18)12-31-24(34-22)32-17-5-4-15-8-9-30-11-16(15)10-17/h1-5,10,12,18,30H,6-9,11,13-14H2,(H,31,32,34). The molecule has 0 unspecified atom stereocenters. The van der Waals surface area contributed by atoms with Crippen molar-refractivity contribution in [1.29, 1.82) is 0 Å². The monoisotopic (exact) mass is 507 g/mol. The highest BCUT2D eigenvalue weighted by molar-refractivity contribution is 5.77. The molecule has 8 nitrogen and oxygen atoms in total. The average Bonchev–Trinajstić information content (AvgIpc) is 3.66. The quantitative estimate of drug-likeness (QED) is 0.419. The number of benzene rings is 1. The molecular weight excluding hydrogens is 483 g/mol. The van der Waals surface area contributed by atoms with Crippen molar-refractivity contribution in [3.8, 4) is 5.82 Å². The Morgan fingerprint density at radius 3 is 2.68 bits per heavy atom. The van der Waals surface area contributed by atoms with Crippen LogP contribution in [0.2, 0.25) is 0 Å². The number of anilines is 2. The molecule has 2 saturated carbocycles. The summed E-state index contributed by atoms with van der Waals surface area (Å²) in [5, 5.41) is 6.89. The lowest BCUT2D eigenvalue weighted by Gasteiger charge is -2.40. The topological polar surface area (TPSA) is 89.7 Å². The largest absolute Gasteiger partial charge is 0.324 e. The van der Waals surface area contributed by atoms with Gasteiger partial charge in [-0.15, -0.1) is 0 Å². The van der Waals surface area contributed by atoms with E-state index in [1.54, 1.807) is 21.5 Å². The molecule has 3 aliphatic rings. The summed E-state index contributed by atoms with van der Waals surface area (Å²) in [5.74, 6) is -2.48. The summed E-state index contributed by atoms with van der Waals surface area (Å²) in [7, 11) is 0. The van der Waals surface area contributed by atoms with Crippen LogP contribution < -0.4 is 16.2 Å². The zero-order valence-corrected chi connectivity index (χ0v) is 19.8. The number of aromatic nitrogens is 5. The molecule has 2 N–H and O–H groups in total. The summed E-state index contributed by atoms with van der Waals surface area (Å²) in [4.78, 5) is 26.7. The Labute approximate surface area is 209 Å². The highest BCUT2D eigenvalue weighted by Crippen LogP contribution is 2.54. The summed E-state index contributed by atoms with van der Waals surface area (Å²) in [6.07, 6.45) is 2.29. The van der Waals surface area contributed by atoms with Crippen molar-refractivity contribution in [3.63, 3.8) is 0 Å². The second kappa shape index (κ2) is 7.88. The first-order valence-electron chi connectivity index (χ1n) is 12.4. The fourth-order valence-electron chi connectivity index (χ4n) is 5.36. The van der Waals surface area contributed by atoms with Crippen molar-refractivity contribution in [2.75, 3.05) is 11.9 Å². The number of hydrogen-bond acceptors (Lipinski definition) is 6. The Kier molecular flexibility index (Phi) is 4.79. The van der Waals surface area contributed by atoms with Gasteiger partial charge >= 0.3 is 0 Å². The molecule has 0 amide bonds. The molecule has 11 heteroatoms. The van der Waals surface area contributed by atoms with Gasteiger partial charge in [-0.1, -0.05) is 12.1 Å². The Balaban J connectivity index is 1.31. The number of nitrogens with zero attached hydrogens (tertiary/aromatic N) is 5. The second-order valence-corrected chi connectivity index (χ2v) is 10.2. The number of pyridine rings is 1. The number of nitrogens with one attached hydrogen (secondary N) is 2. The molecule has 1 aromatic carbocycles. The number of alkyl halides is 3. The first kappa shape index (κ1) is 22.5. The predicted molar refractivity (Wildman–Crippen MR) is 131 cm³/mol. The van der Waals surface area contributed by atoms with E-state index < -0.39 is 24.4 Å². The van der Waals surface area contributed by atoms with E-state index in [1.807, 2.05) is 6.07 Å². The molecular formula is C26H24F3N7O. The molecule has 3 aromatic heterocycles. The molecule has 37 heavy (non-hydrogen) atoms. The fourth-order valence-corrected chi connectivity index (χ4v) is 5.36. The van der Waals surface area contributed by atoms with E-state index in [-0.39, 0.29) is 23.1 Å². The lowest BCUT2D eigenvalue weighted by molar-refractivity contribution is -0.176. The zero-order valence-electron chi connectivity index (χ0n) is 19.8. The average molecular weight is 508 g/mol. The van der Waals surface area contributed by atoms with Crippen LogP contribution in [0, 0.1) is 0 Å². The molecule has 7 rings (SSSR count). The summed E-state index contributed by atoms with van der Waals surface area (Å²) in [6, 6.07) is 10.7. The number of hydrogen-bond donors (Lipinski definition) is 2. The van der Waals surface area contributed by atoms with Gasteiger partial charge in [-0.3, -0.25) is 4.79 Å². The molecule has 0 radical (unpaired) electrons. The first-order valence-corrected chi connectivity index (χ1v) is 12.4. The van der Waals surface area contributed by atoms with Crippen LogP contribution in [0.1, 0.15) is 48.5 Å². The van der Waals surface area contributed by atoms with E-state index in [1.165, 1.54) is 23.4 Å². The molecule has 2 fully saturated rings. The van der Waals surface area contributed by atoms with Gasteiger partial charge in [0.1, 0.15) is 5.39 Å². The third-order valence-electron chi connectivity index (χ3n) is 7.35. The van der Waals surface area contributed by atoms with Gasteiger partial charge in [0.05, 0.1) is 24.6 Å². The van der Waals surface area contributed by atoms with E-state index in [4.69, 9.17) is 0 Å². The van der Waals surface area contributed by atoms with Gasteiger partial charge in [0.2, 0.25) is 5.95 Å². The van der Waals surface area contributed by atoms with E-state index in [9.17, 15) is 13.6 Å². The fraction of sp³-hybridized carbons (Fsp3) is 0.385. The maximum Gasteiger partial charge on any atom is 0.278 e. The van der Waals surface area contributed by atoms with Crippen LogP contribution in [-0.4, -0.2) is 36.8 Å². The van der Waals surface area contributed by atoms with Gasteiger partial charge in [0.25, 0.3) is 11.5 Å². The SMILES string of the molecule is O=c1c2cnc(Nc3ccc4c(c3)CNCC4)nc2n(-c2cccc(C3(F)CC(F)(F)C3)n2)n1C1CC1. The Morgan fingerprint density at radius 2 is 1.89 bits per heavy atom. The molecule has 2 aliphatic carbocycles. The van der Waals surface area contributed by atoms with E-state index in [2.05, 4.69) is 37.7 Å². The Bertz CT molecular complexity index is 1600. The maximum absolute atomic E-state index is 15.2. The van der Waals surface area contributed by atoms with Crippen LogP contribution in [0.3, 0.4) is 0 Å². The van der Waals surface area contributed by atoms with Gasteiger partial charge in [-0.25, -0.2) is 32.5 Å². The van der Waals surface area contributed by atoms with Crippen LogP contribution >= 0.6 is 0 Å². The maximum atomic E-state index is 15.2. The number of rotatable bonds is 5. The van der Waals surface area contributed by atoms with Crippen LogP contribution in [-0.2, 0) is 18.6 Å². The highest BCUT2D eigenvalue weighted by atomic mass is 19.3. The molecule has 1 aliphatic heterocycles. The second-order valence-electron chi connectivity index (χ2n) is 10.2. The summed E-state index contributed by atoms with van der Waals surface area (Å²) >= 11 is 0. The summed E-state index contributed by atoms with van der Waals surface area (Å²) in [6.45, 7) is 1.74. The van der Waals surface area contributed by atoms with Gasteiger partial charge in [0, 0.05) is 18.4 Å². The normalized spacial score (nSPS) is 19.9. The minimum Gasteiger partial charge on any atom is -0.324 e. The van der Waals surface area contributed by atoms with E-state index >= 15 is 4.39 Å². The molecule has 190 valence electrons. The van der Waals surface area contributed by atoms with Crippen molar-refractivity contribution < 1.29 is 13.2 Å². The smallest absolute Gasteiger partial charge is 0.278 e. The summed E-state index contributed by atoms with van der Waals surface area (Å²) in [5.41, 5.74) is 1.13. The van der Waals surface area contributed by atoms with Gasteiger partial charge < -0.3 is 10.6 Å². The Hall–Kier alpha value is -3.73.